The number of nitrogens with two attached hydrogens (primary N) is 1. The van der Waals surface area contributed by atoms with Crippen LogP contribution in [0.25, 0.3) is 0 Å². The maximum atomic E-state index is 12.2. The fourth-order valence-corrected chi connectivity index (χ4v) is 3.48. The molecule has 3 rings (SSSR count). The number of ether oxygens (including phenoxy) is 3. The van der Waals surface area contributed by atoms with Gasteiger partial charge < -0.3 is 25.3 Å². The van der Waals surface area contributed by atoms with Crippen LogP contribution in [0.5, 0.6) is 11.5 Å². The van der Waals surface area contributed by atoms with Gasteiger partial charge in [-0.2, -0.15) is 0 Å². The van der Waals surface area contributed by atoms with Crippen LogP contribution in [0.3, 0.4) is 0 Å². The molecule has 1 heterocycles. The molecule has 2 fully saturated rings. The van der Waals surface area contributed by atoms with E-state index in [1.807, 2.05) is 18.2 Å². The molecule has 0 radical (unpaired) electrons. The summed E-state index contributed by atoms with van der Waals surface area (Å²) < 4.78 is 17.1. The highest BCUT2D eigenvalue weighted by Gasteiger charge is 2.29. The van der Waals surface area contributed by atoms with Gasteiger partial charge in [-0.05, 0) is 56.2 Å². The van der Waals surface area contributed by atoms with Crippen LogP contribution in [0.15, 0.2) is 18.2 Å². The molecular formula is C19H28N2O4. The van der Waals surface area contributed by atoms with Crippen molar-refractivity contribution in [2.24, 2.45) is 5.73 Å². The summed E-state index contributed by atoms with van der Waals surface area (Å²) in [5.41, 5.74) is 6.57. The molecule has 138 valence electrons. The van der Waals surface area contributed by atoms with Crippen LogP contribution in [-0.2, 0) is 16.1 Å². The predicted octanol–water partition coefficient (Wildman–Crippen LogP) is 2.14. The number of rotatable bonds is 7. The highest BCUT2D eigenvalue weighted by molar-refractivity contribution is 5.81. The van der Waals surface area contributed by atoms with Crippen LogP contribution < -0.4 is 20.5 Å². The highest BCUT2D eigenvalue weighted by Crippen LogP contribution is 2.32. The monoisotopic (exact) mass is 348 g/mol. The molecule has 2 atom stereocenters. The molecule has 1 saturated carbocycles. The summed E-state index contributed by atoms with van der Waals surface area (Å²) in [6.07, 6.45) is 6.06. The zero-order chi connectivity index (χ0) is 17.6. The first-order valence-electron chi connectivity index (χ1n) is 9.16. The molecule has 1 saturated heterocycles. The Hall–Kier alpha value is -1.79. The number of benzene rings is 1. The van der Waals surface area contributed by atoms with Crippen molar-refractivity contribution in [1.29, 1.82) is 0 Å². The van der Waals surface area contributed by atoms with E-state index in [2.05, 4.69) is 5.32 Å². The molecule has 0 spiro atoms. The number of hydrogen-bond acceptors (Lipinski definition) is 5. The van der Waals surface area contributed by atoms with E-state index in [1.54, 1.807) is 7.11 Å². The van der Waals surface area contributed by atoms with Crippen LogP contribution in [-0.4, -0.2) is 37.9 Å². The average molecular weight is 348 g/mol. The van der Waals surface area contributed by atoms with Gasteiger partial charge in [0.25, 0.3) is 0 Å². The topological polar surface area (TPSA) is 82.8 Å². The number of hydrogen-bond donors (Lipinski definition) is 2. The maximum Gasteiger partial charge on any atom is 0.249 e. The summed E-state index contributed by atoms with van der Waals surface area (Å²) in [5.74, 6) is 1.40. The molecule has 0 aromatic heterocycles. The zero-order valence-corrected chi connectivity index (χ0v) is 14.8. The second-order valence-corrected chi connectivity index (χ2v) is 6.79. The van der Waals surface area contributed by atoms with Crippen LogP contribution in [0.4, 0.5) is 0 Å². The first kappa shape index (κ1) is 18.0. The van der Waals surface area contributed by atoms with Crippen LogP contribution in [0.1, 0.15) is 44.1 Å². The Labute approximate surface area is 149 Å². The number of amides is 1. The van der Waals surface area contributed by atoms with Gasteiger partial charge >= 0.3 is 0 Å². The molecule has 6 nitrogen and oxygen atoms in total. The largest absolute Gasteiger partial charge is 0.493 e. The van der Waals surface area contributed by atoms with Gasteiger partial charge in [-0.3, -0.25) is 4.79 Å². The van der Waals surface area contributed by atoms with E-state index < -0.39 is 0 Å². The van der Waals surface area contributed by atoms with Crippen LogP contribution in [0, 0.1) is 0 Å². The quantitative estimate of drug-likeness (QED) is 0.789. The summed E-state index contributed by atoms with van der Waals surface area (Å²) in [4.78, 5) is 12.2. The first-order valence-corrected chi connectivity index (χ1v) is 9.16. The second-order valence-electron chi connectivity index (χ2n) is 6.79. The van der Waals surface area contributed by atoms with Gasteiger partial charge in [0.1, 0.15) is 6.10 Å². The fourth-order valence-electron chi connectivity index (χ4n) is 3.48. The molecule has 1 amide bonds. The third-order valence-corrected chi connectivity index (χ3v) is 4.95. The molecule has 6 heteroatoms. The molecule has 1 aromatic rings. The molecule has 0 bridgehead atoms. The van der Waals surface area contributed by atoms with Gasteiger partial charge in [0, 0.05) is 13.1 Å². The predicted molar refractivity (Wildman–Crippen MR) is 94.7 cm³/mol. The first-order chi connectivity index (χ1) is 12.2. The number of carbonyl (C=O) groups is 1. The number of nitrogens with one attached hydrogen (secondary N) is 1. The van der Waals surface area contributed by atoms with Gasteiger partial charge in [-0.25, -0.2) is 0 Å². The van der Waals surface area contributed by atoms with Crippen molar-refractivity contribution in [2.75, 3.05) is 13.7 Å². The summed E-state index contributed by atoms with van der Waals surface area (Å²) in [6, 6.07) is 5.79. The lowest BCUT2D eigenvalue weighted by atomic mass is 10.1. The van der Waals surface area contributed by atoms with Crippen molar-refractivity contribution in [3.63, 3.8) is 0 Å². The molecule has 3 N–H and O–H groups in total. The highest BCUT2D eigenvalue weighted by atomic mass is 16.5. The molecule has 1 aliphatic carbocycles. The van der Waals surface area contributed by atoms with Gasteiger partial charge in [0.2, 0.25) is 5.91 Å². The van der Waals surface area contributed by atoms with Crippen molar-refractivity contribution in [1.82, 2.24) is 5.32 Å². The Kier molecular flexibility index (Phi) is 6.15. The van der Waals surface area contributed by atoms with E-state index >= 15 is 0 Å². The van der Waals surface area contributed by atoms with E-state index in [9.17, 15) is 4.79 Å². The van der Waals surface area contributed by atoms with E-state index in [0.29, 0.717) is 13.1 Å². The summed E-state index contributed by atoms with van der Waals surface area (Å²) in [6.45, 7) is 0.904. The van der Waals surface area contributed by atoms with E-state index in [-0.39, 0.29) is 24.2 Å². The summed E-state index contributed by atoms with van der Waals surface area (Å²) in [5, 5.41) is 2.94. The minimum absolute atomic E-state index is 0.00292. The smallest absolute Gasteiger partial charge is 0.249 e. The average Bonchev–Trinajstić information content (AvgIpc) is 3.31. The minimum atomic E-state index is -0.388. The van der Waals surface area contributed by atoms with E-state index in [0.717, 1.165) is 42.7 Å². The van der Waals surface area contributed by atoms with Crippen molar-refractivity contribution in [3.05, 3.63) is 23.8 Å². The summed E-state index contributed by atoms with van der Waals surface area (Å²) in [7, 11) is 1.64. The molecule has 2 aliphatic rings. The van der Waals surface area contributed by atoms with E-state index in [1.165, 1.54) is 12.8 Å². The Morgan fingerprint density at radius 3 is 2.72 bits per heavy atom. The van der Waals surface area contributed by atoms with Gasteiger partial charge in [-0.15, -0.1) is 0 Å². The van der Waals surface area contributed by atoms with Gasteiger partial charge in [0.15, 0.2) is 11.5 Å². The molecule has 1 aliphatic heterocycles. The Balaban J connectivity index is 1.57. The Morgan fingerprint density at radius 2 is 2.04 bits per heavy atom. The third-order valence-electron chi connectivity index (χ3n) is 4.95. The van der Waals surface area contributed by atoms with Crippen molar-refractivity contribution in [3.8, 4) is 11.5 Å². The lowest BCUT2D eigenvalue weighted by Crippen LogP contribution is -2.35. The van der Waals surface area contributed by atoms with Crippen molar-refractivity contribution in [2.45, 2.75) is 63.4 Å². The molecule has 25 heavy (non-hydrogen) atoms. The number of methoxy groups -OCH3 is 1. The fraction of sp³-hybridized carbons (Fsp3) is 0.632. The standard InChI is InChI=1S/C19H28N2O4/c1-23-16-8-6-13(10-18(16)24-14-4-2-3-5-14)12-21-19(22)17-9-7-15(11-20)25-17/h6,8,10,14-15,17H,2-5,7,9,11-12,20H2,1H3,(H,21,22)/t15-,17+/m1/s1. The van der Waals surface area contributed by atoms with Gasteiger partial charge in [-0.1, -0.05) is 6.07 Å². The molecule has 1 aromatic carbocycles. The Morgan fingerprint density at radius 1 is 1.24 bits per heavy atom. The molecule has 0 unspecified atom stereocenters. The zero-order valence-electron chi connectivity index (χ0n) is 14.8. The lowest BCUT2D eigenvalue weighted by molar-refractivity contribution is -0.132. The van der Waals surface area contributed by atoms with E-state index in [4.69, 9.17) is 19.9 Å². The SMILES string of the molecule is COc1ccc(CNC(=O)[C@@H]2CC[C@H](CN)O2)cc1OC1CCCC1. The molecular weight excluding hydrogens is 320 g/mol. The van der Waals surface area contributed by atoms with Crippen molar-refractivity contribution >= 4 is 5.91 Å². The lowest BCUT2D eigenvalue weighted by Gasteiger charge is -2.17. The van der Waals surface area contributed by atoms with Crippen molar-refractivity contribution < 1.29 is 19.0 Å². The summed E-state index contributed by atoms with van der Waals surface area (Å²) >= 11 is 0. The third kappa shape index (κ3) is 4.64. The second kappa shape index (κ2) is 8.54. The number of carbonyl (C=O) groups excluding carboxylic acids is 1. The van der Waals surface area contributed by atoms with Crippen LogP contribution >= 0.6 is 0 Å². The Bertz CT molecular complexity index is 587. The van der Waals surface area contributed by atoms with Gasteiger partial charge in [0.05, 0.1) is 19.3 Å². The maximum absolute atomic E-state index is 12.2. The normalized spacial score (nSPS) is 23.6. The minimum Gasteiger partial charge on any atom is -0.493 e. The van der Waals surface area contributed by atoms with Crippen LogP contribution in [0.2, 0.25) is 0 Å².